The van der Waals surface area contributed by atoms with Gasteiger partial charge in [-0.05, 0) is 17.7 Å². The Morgan fingerprint density at radius 3 is 1.96 bits per heavy atom. The Labute approximate surface area is 148 Å². The van der Waals surface area contributed by atoms with Crippen LogP contribution in [0.15, 0.2) is 48.5 Å². The van der Waals surface area contributed by atoms with Gasteiger partial charge in [0.15, 0.2) is 0 Å². The number of aldehydes is 1. The van der Waals surface area contributed by atoms with Gasteiger partial charge in [0, 0.05) is 32.1 Å². The topological polar surface area (TPSA) is 63.4 Å². The number of halogens is 1. The lowest BCUT2D eigenvalue weighted by atomic mass is 10.0. The van der Waals surface area contributed by atoms with Crippen molar-refractivity contribution in [1.82, 2.24) is 0 Å². The zero-order valence-corrected chi connectivity index (χ0v) is 15.3. The van der Waals surface area contributed by atoms with Gasteiger partial charge in [0.25, 0.3) is 5.69 Å². The highest BCUT2D eigenvalue weighted by molar-refractivity contribution is 5.61. The highest BCUT2D eigenvalue weighted by Crippen LogP contribution is 2.17. The lowest BCUT2D eigenvalue weighted by Crippen LogP contribution is -2.09. The first-order valence-corrected chi connectivity index (χ1v) is 7.98. The van der Waals surface area contributed by atoms with Crippen molar-refractivity contribution >= 4 is 17.7 Å². The van der Waals surface area contributed by atoms with Crippen molar-refractivity contribution in [2.75, 3.05) is 19.0 Å². The van der Waals surface area contributed by atoms with Gasteiger partial charge in [-0.25, -0.2) is 4.39 Å². The third-order valence-electron chi connectivity index (χ3n) is 3.17. The van der Waals surface area contributed by atoms with Crippen LogP contribution in [0.5, 0.6) is 0 Å². The van der Waals surface area contributed by atoms with E-state index in [0.29, 0.717) is 5.69 Å². The van der Waals surface area contributed by atoms with E-state index in [-0.39, 0.29) is 17.4 Å². The third kappa shape index (κ3) is 7.56. The van der Waals surface area contributed by atoms with E-state index in [1.165, 1.54) is 18.2 Å². The minimum absolute atomic E-state index is 0.0434. The summed E-state index contributed by atoms with van der Waals surface area (Å²) in [4.78, 5) is 22.0. The summed E-state index contributed by atoms with van der Waals surface area (Å²) >= 11 is 0. The van der Waals surface area contributed by atoms with E-state index in [0.717, 1.165) is 11.8 Å². The maximum Gasteiger partial charge on any atom is 0.269 e. The second-order valence-corrected chi connectivity index (χ2v) is 5.12. The molecule has 0 aliphatic carbocycles. The molecule has 25 heavy (non-hydrogen) atoms. The molecular weight excluding hydrogens is 323 g/mol. The first-order chi connectivity index (χ1) is 11.9. The summed E-state index contributed by atoms with van der Waals surface area (Å²) in [6.07, 6.45) is 0.807. The number of nitro benzene ring substituents is 1. The Hall–Kier alpha value is -2.76. The fraction of sp³-hybridized carbons (Fsp3) is 0.316. The van der Waals surface area contributed by atoms with Crippen LogP contribution < -0.4 is 4.90 Å². The number of nitrogens with zero attached hydrogens (tertiary/aromatic N) is 2. The van der Waals surface area contributed by atoms with E-state index in [1.54, 1.807) is 36.1 Å². The maximum atomic E-state index is 12.8. The molecule has 2 rings (SSSR count). The first kappa shape index (κ1) is 22.2. The third-order valence-corrected chi connectivity index (χ3v) is 3.17. The molecule has 1 atom stereocenters. The largest absolute Gasteiger partial charge is 0.375 e. The standard InChI is InChI=1S/C9H9NO3.C8H10FN.C2H6/c1-7(6-11)8-2-4-9(5-3-8)10(12)13;1-10(2)8-6-4-3-5-7(8)9;1-2/h2-7H,1H3;3-6H,1-2H3;1-2H3. The van der Waals surface area contributed by atoms with E-state index in [1.807, 2.05) is 34.0 Å². The Morgan fingerprint density at radius 2 is 1.60 bits per heavy atom. The highest BCUT2D eigenvalue weighted by atomic mass is 19.1. The fourth-order valence-electron chi connectivity index (χ4n) is 1.79. The van der Waals surface area contributed by atoms with Gasteiger partial charge in [-0.1, -0.05) is 45.0 Å². The van der Waals surface area contributed by atoms with Crippen molar-refractivity contribution in [3.05, 3.63) is 70.0 Å². The molecule has 0 bridgehead atoms. The molecule has 1 unspecified atom stereocenters. The van der Waals surface area contributed by atoms with Crippen LogP contribution in [-0.4, -0.2) is 25.3 Å². The van der Waals surface area contributed by atoms with Crippen molar-refractivity contribution in [1.29, 1.82) is 0 Å². The zero-order valence-electron chi connectivity index (χ0n) is 15.3. The molecular formula is C19H25FN2O3. The van der Waals surface area contributed by atoms with Gasteiger partial charge >= 0.3 is 0 Å². The summed E-state index contributed by atoms with van der Waals surface area (Å²) in [6, 6.07) is 12.7. The van der Waals surface area contributed by atoms with Gasteiger partial charge in [0.2, 0.25) is 0 Å². The molecule has 5 nitrogen and oxygen atoms in total. The summed E-state index contributed by atoms with van der Waals surface area (Å²) in [6.45, 7) is 5.74. The van der Waals surface area contributed by atoms with Crippen LogP contribution in [-0.2, 0) is 4.79 Å². The van der Waals surface area contributed by atoms with Crippen LogP contribution in [0.4, 0.5) is 15.8 Å². The molecule has 0 N–H and O–H groups in total. The molecule has 0 radical (unpaired) electrons. The van der Waals surface area contributed by atoms with Crippen LogP contribution >= 0.6 is 0 Å². The van der Waals surface area contributed by atoms with Crippen LogP contribution in [0.25, 0.3) is 0 Å². The minimum Gasteiger partial charge on any atom is -0.375 e. The zero-order chi connectivity index (χ0) is 19.4. The predicted molar refractivity (Wildman–Crippen MR) is 99.7 cm³/mol. The summed E-state index contributed by atoms with van der Waals surface area (Å²) in [7, 11) is 3.64. The molecule has 0 saturated carbocycles. The molecule has 0 aliphatic heterocycles. The van der Waals surface area contributed by atoms with Gasteiger partial charge in [0.05, 0.1) is 10.6 Å². The van der Waals surface area contributed by atoms with E-state index in [9.17, 15) is 19.3 Å². The molecule has 0 spiro atoms. The quantitative estimate of drug-likeness (QED) is 0.452. The lowest BCUT2D eigenvalue weighted by molar-refractivity contribution is -0.384. The van der Waals surface area contributed by atoms with E-state index in [4.69, 9.17) is 0 Å². The average molecular weight is 348 g/mol. The van der Waals surface area contributed by atoms with Crippen molar-refractivity contribution in [3.8, 4) is 0 Å². The Kier molecular flexibility index (Phi) is 10.4. The molecule has 0 fully saturated rings. The molecule has 0 aromatic heterocycles. The number of rotatable bonds is 4. The number of carbonyl (C=O) groups excluding carboxylic acids is 1. The normalized spacial score (nSPS) is 10.3. The number of anilines is 1. The van der Waals surface area contributed by atoms with E-state index < -0.39 is 4.92 Å². The smallest absolute Gasteiger partial charge is 0.269 e. The van der Waals surface area contributed by atoms with Crippen molar-refractivity contribution < 1.29 is 14.1 Å². The highest BCUT2D eigenvalue weighted by Gasteiger charge is 2.07. The van der Waals surface area contributed by atoms with Gasteiger partial charge in [-0.2, -0.15) is 0 Å². The van der Waals surface area contributed by atoms with Gasteiger partial charge in [-0.15, -0.1) is 0 Å². The van der Waals surface area contributed by atoms with Crippen molar-refractivity contribution in [2.45, 2.75) is 26.7 Å². The summed E-state index contributed by atoms with van der Waals surface area (Å²) in [5.41, 5.74) is 1.46. The van der Waals surface area contributed by atoms with Crippen LogP contribution in [0.3, 0.4) is 0 Å². The fourth-order valence-corrected chi connectivity index (χ4v) is 1.79. The molecule has 0 amide bonds. The van der Waals surface area contributed by atoms with Crippen LogP contribution in [0, 0.1) is 15.9 Å². The van der Waals surface area contributed by atoms with E-state index >= 15 is 0 Å². The molecule has 2 aromatic rings. The molecule has 6 heteroatoms. The second kappa shape index (κ2) is 11.7. The van der Waals surface area contributed by atoms with Crippen LogP contribution in [0.2, 0.25) is 0 Å². The molecule has 136 valence electrons. The van der Waals surface area contributed by atoms with Gasteiger partial charge < -0.3 is 9.69 Å². The number of hydrogen-bond donors (Lipinski definition) is 0. The van der Waals surface area contributed by atoms with Crippen molar-refractivity contribution in [3.63, 3.8) is 0 Å². The Bertz CT molecular complexity index is 658. The minimum atomic E-state index is -0.463. The number of nitro groups is 1. The summed E-state index contributed by atoms with van der Waals surface area (Å²) in [5, 5.41) is 10.3. The molecule has 0 heterocycles. The number of para-hydroxylation sites is 1. The Balaban J connectivity index is 0.000000430. The van der Waals surface area contributed by atoms with Crippen LogP contribution in [0.1, 0.15) is 32.3 Å². The van der Waals surface area contributed by atoms with Gasteiger partial charge in [0.1, 0.15) is 12.1 Å². The SMILES string of the molecule is CC.CC(C=O)c1ccc([N+](=O)[O-])cc1.CN(C)c1ccccc1F. The predicted octanol–water partition coefficient (Wildman–Crippen LogP) is 4.82. The number of non-ortho nitro benzene ring substituents is 1. The number of benzene rings is 2. The molecule has 0 saturated heterocycles. The molecule has 0 aliphatic rings. The lowest BCUT2D eigenvalue weighted by Gasteiger charge is -2.11. The van der Waals surface area contributed by atoms with Gasteiger partial charge in [-0.3, -0.25) is 10.1 Å². The average Bonchev–Trinajstić information content (AvgIpc) is 2.63. The number of hydrogen-bond acceptors (Lipinski definition) is 4. The number of carbonyl (C=O) groups is 1. The second-order valence-electron chi connectivity index (χ2n) is 5.12. The molecule has 2 aromatic carbocycles. The summed E-state index contributed by atoms with van der Waals surface area (Å²) in [5.74, 6) is -0.381. The Morgan fingerprint density at radius 1 is 1.08 bits per heavy atom. The van der Waals surface area contributed by atoms with E-state index in [2.05, 4.69) is 0 Å². The van der Waals surface area contributed by atoms with Crippen molar-refractivity contribution in [2.24, 2.45) is 0 Å². The summed E-state index contributed by atoms with van der Waals surface area (Å²) < 4.78 is 12.8. The first-order valence-electron chi connectivity index (χ1n) is 7.98. The monoisotopic (exact) mass is 348 g/mol. The maximum absolute atomic E-state index is 12.8.